The molecule has 17 heavy (non-hydrogen) atoms. The minimum atomic E-state index is -0.522. The van der Waals surface area contributed by atoms with Crippen molar-refractivity contribution in [2.45, 2.75) is 57.6 Å². The van der Waals surface area contributed by atoms with Gasteiger partial charge in [0.05, 0.1) is 5.54 Å². The first-order valence-electron chi connectivity index (χ1n) is 6.25. The molecule has 0 radical (unpaired) electrons. The number of nitrogens with two attached hydrogens (primary N) is 1. The summed E-state index contributed by atoms with van der Waals surface area (Å²) < 4.78 is 10.9. The molecule has 0 spiro atoms. The normalized spacial score (nSPS) is 19.8. The molecule has 0 aliphatic heterocycles. The summed E-state index contributed by atoms with van der Waals surface area (Å²) in [6.45, 7) is 6.43. The summed E-state index contributed by atoms with van der Waals surface area (Å²) in [5.41, 5.74) is 5.33. The molecule has 1 fully saturated rings. The van der Waals surface area contributed by atoms with Crippen molar-refractivity contribution in [2.24, 2.45) is 5.73 Å². The summed E-state index contributed by atoms with van der Waals surface area (Å²) in [6, 6.07) is 0. The highest BCUT2D eigenvalue weighted by Gasteiger charge is 2.38. The van der Waals surface area contributed by atoms with Crippen molar-refractivity contribution in [3.63, 3.8) is 0 Å². The highest BCUT2D eigenvalue weighted by atomic mass is 16.5. The van der Waals surface area contributed by atoms with Crippen molar-refractivity contribution >= 4 is 0 Å². The lowest BCUT2D eigenvalue weighted by molar-refractivity contribution is -0.0221. The van der Waals surface area contributed by atoms with E-state index in [0.29, 0.717) is 18.3 Å². The Bertz CT molecular complexity index is 381. The fourth-order valence-corrected chi connectivity index (χ4v) is 2.32. The van der Waals surface area contributed by atoms with Gasteiger partial charge in [0, 0.05) is 6.61 Å². The zero-order valence-corrected chi connectivity index (χ0v) is 10.8. The van der Waals surface area contributed by atoms with Gasteiger partial charge in [0.25, 0.3) is 0 Å². The van der Waals surface area contributed by atoms with Gasteiger partial charge >= 0.3 is 0 Å². The van der Waals surface area contributed by atoms with Gasteiger partial charge in [0.1, 0.15) is 5.60 Å². The molecule has 1 aliphatic carbocycles. The zero-order valence-electron chi connectivity index (χ0n) is 10.8. The minimum Gasteiger partial charge on any atom is -0.368 e. The summed E-state index contributed by atoms with van der Waals surface area (Å²) in [6.07, 6.45) is 4.10. The van der Waals surface area contributed by atoms with Crippen LogP contribution in [0.25, 0.3) is 0 Å². The Morgan fingerprint density at radius 2 is 2.06 bits per heavy atom. The van der Waals surface area contributed by atoms with Crippen LogP contribution in [0.5, 0.6) is 0 Å². The lowest BCUT2D eigenvalue weighted by atomic mass is 9.99. The molecule has 1 heterocycles. The van der Waals surface area contributed by atoms with Crippen LogP contribution in [-0.4, -0.2) is 16.7 Å². The van der Waals surface area contributed by atoms with E-state index < -0.39 is 11.1 Å². The largest absolute Gasteiger partial charge is 0.368 e. The van der Waals surface area contributed by atoms with E-state index in [4.69, 9.17) is 15.0 Å². The predicted molar refractivity (Wildman–Crippen MR) is 63.3 cm³/mol. The van der Waals surface area contributed by atoms with E-state index in [0.717, 1.165) is 25.7 Å². The highest BCUT2D eigenvalue weighted by molar-refractivity contribution is 5.07. The third-order valence-corrected chi connectivity index (χ3v) is 3.39. The summed E-state index contributed by atoms with van der Waals surface area (Å²) >= 11 is 0. The Morgan fingerprint density at radius 1 is 1.41 bits per heavy atom. The van der Waals surface area contributed by atoms with Gasteiger partial charge in [-0.25, -0.2) is 0 Å². The second-order valence-electron chi connectivity index (χ2n) is 5.23. The fourth-order valence-electron chi connectivity index (χ4n) is 2.32. The number of hydrogen-bond acceptors (Lipinski definition) is 5. The van der Waals surface area contributed by atoms with E-state index in [-0.39, 0.29) is 0 Å². The van der Waals surface area contributed by atoms with E-state index in [1.165, 1.54) is 0 Å². The van der Waals surface area contributed by atoms with Crippen molar-refractivity contribution in [1.29, 1.82) is 0 Å². The lowest BCUT2D eigenvalue weighted by Crippen LogP contribution is -2.34. The monoisotopic (exact) mass is 239 g/mol. The van der Waals surface area contributed by atoms with Crippen LogP contribution in [0.2, 0.25) is 0 Å². The van der Waals surface area contributed by atoms with Crippen LogP contribution in [-0.2, 0) is 15.9 Å². The maximum Gasteiger partial charge on any atom is 0.246 e. The van der Waals surface area contributed by atoms with Gasteiger partial charge in [-0.15, -0.1) is 0 Å². The molecule has 0 aromatic carbocycles. The van der Waals surface area contributed by atoms with Crippen molar-refractivity contribution < 1.29 is 9.26 Å². The molecule has 0 amide bonds. The Balaban J connectivity index is 2.21. The molecule has 1 aromatic heterocycles. The third-order valence-electron chi connectivity index (χ3n) is 3.39. The Kier molecular flexibility index (Phi) is 3.23. The van der Waals surface area contributed by atoms with Gasteiger partial charge in [-0.3, -0.25) is 0 Å². The number of rotatable bonds is 4. The van der Waals surface area contributed by atoms with Gasteiger partial charge in [-0.05, 0) is 33.6 Å². The standard InChI is InChI=1S/C12H21N3O2/c1-4-16-11(2,3)9-14-10(17-15-9)12(13)7-5-6-8-12/h4-8,13H2,1-3H3. The van der Waals surface area contributed by atoms with Crippen LogP contribution in [0.15, 0.2) is 4.52 Å². The van der Waals surface area contributed by atoms with Crippen molar-refractivity contribution in [3.8, 4) is 0 Å². The predicted octanol–water partition coefficient (Wildman–Crippen LogP) is 2.07. The molecule has 5 nitrogen and oxygen atoms in total. The van der Waals surface area contributed by atoms with Crippen LogP contribution in [0.1, 0.15) is 58.2 Å². The van der Waals surface area contributed by atoms with Gasteiger partial charge < -0.3 is 15.0 Å². The third kappa shape index (κ3) is 2.35. The molecule has 0 unspecified atom stereocenters. The number of hydrogen-bond donors (Lipinski definition) is 1. The average Bonchev–Trinajstić information content (AvgIpc) is 2.86. The Hall–Kier alpha value is -0.940. The first-order chi connectivity index (χ1) is 7.98. The molecule has 96 valence electrons. The Labute approximate surface area is 102 Å². The molecule has 0 bridgehead atoms. The van der Waals surface area contributed by atoms with Crippen LogP contribution >= 0.6 is 0 Å². The number of aromatic nitrogens is 2. The molecule has 5 heteroatoms. The number of nitrogens with zero attached hydrogens (tertiary/aromatic N) is 2. The summed E-state index contributed by atoms with van der Waals surface area (Å²) in [5, 5.41) is 4.01. The van der Waals surface area contributed by atoms with Crippen molar-refractivity contribution in [3.05, 3.63) is 11.7 Å². The van der Waals surface area contributed by atoms with E-state index in [9.17, 15) is 0 Å². The van der Waals surface area contributed by atoms with Crippen molar-refractivity contribution in [2.75, 3.05) is 6.61 Å². The van der Waals surface area contributed by atoms with Crippen LogP contribution in [0.4, 0.5) is 0 Å². The van der Waals surface area contributed by atoms with E-state index in [1.54, 1.807) is 0 Å². The molecule has 0 saturated heterocycles. The molecule has 2 rings (SSSR count). The smallest absolute Gasteiger partial charge is 0.246 e. The maximum absolute atomic E-state index is 6.27. The molecular weight excluding hydrogens is 218 g/mol. The molecule has 1 aliphatic rings. The molecule has 0 atom stereocenters. The first kappa shape index (κ1) is 12.5. The number of ether oxygens (including phenoxy) is 1. The Morgan fingerprint density at radius 3 is 2.65 bits per heavy atom. The zero-order chi connectivity index (χ0) is 12.5. The second kappa shape index (κ2) is 4.38. The van der Waals surface area contributed by atoms with Gasteiger partial charge in [-0.2, -0.15) is 4.98 Å². The van der Waals surface area contributed by atoms with Crippen molar-refractivity contribution in [1.82, 2.24) is 10.1 Å². The maximum atomic E-state index is 6.27. The first-order valence-corrected chi connectivity index (χ1v) is 6.25. The summed E-state index contributed by atoms with van der Waals surface area (Å²) in [7, 11) is 0. The van der Waals surface area contributed by atoms with Crippen LogP contribution < -0.4 is 5.73 Å². The topological polar surface area (TPSA) is 74.2 Å². The molecule has 2 N–H and O–H groups in total. The quantitative estimate of drug-likeness (QED) is 0.870. The summed E-state index contributed by atoms with van der Waals surface area (Å²) in [4.78, 5) is 4.43. The molecular formula is C12H21N3O2. The van der Waals surface area contributed by atoms with E-state index >= 15 is 0 Å². The SMILES string of the molecule is CCOC(C)(C)c1noc(C2(N)CCCC2)n1. The fraction of sp³-hybridized carbons (Fsp3) is 0.833. The van der Waals surface area contributed by atoms with Crippen LogP contribution in [0, 0.1) is 0 Å². The lowest BCUT2D eigenvalue weighted by Gasteiger charge is -2.20. The second-order valence-corrected chi connectivity index (χ2v) is 5.23. The highest BCUT2D eigenvalue weighted by Crippen LogP contribution is 2.36. The summed E-state index contributed by atoms with van der Waals surface area (Å²) in [5.74, 6) is 1.13. The van der Waals surface area contributed by atoms with E-state index in [1.807, 2.05) is 20.8 Å². The van der Waals surface area contributed by atoms with Gasteiger partial charge in [-0.1, -0.05) is 18.0 Å². The molecule has 1 aromatic rings. The van der Waals surface area contributed by atoms with E-state index in [2.05, 4.69) is 10.1 Å². The average molecular weight is 239 g/mol. The van der Waals surface area contributed by atoms with Gasteiger partial charge in [0.15, 0.2) is 0 Å². The van der Waals surface area contributed by atoms with Gasteiger partial charge in [0.2, 0.25) is 11.7 Å². The molecule has 1 saturated carbocycles. The minimum absolute atomic E-state index is 0.423. The van der Waals surface area contributed by atoms with Crippen LogP contribution in [0.3, 0.4) is 0 Å².